The summed E-state index contributed by atoms with van der Waals surface area (Å²) >= 11 is 0. The molecule has 1 N–H and O–H groups in total. The van der Waals surface area contributed by atoms with E-state index in [4.69, 9.17) is 9.05 Å². The lowest BCUT2D eigenvalue weighted by molar-refractivity contribution is 0.0573. The van der Waals surface area contributed by atoms with Crippen LogP contribution in [0.1, 0.15) is 32.4 Å². The standard InChI is InChI=1S/C13H20NO2P/c1-11(12-7-5-4-6-8-12)14-17-15-9-13(2,3)10-16-17/h4-8,11,14H,9-10H2,1-3H3. The van der Waals surface area contributed by atoms with Crippen molar-refractivity contribution in [3.05, 3.63) is 35.9 Å². The highest BCUT2D eigenvalue weighted by Crippen LogP contribution is 2.44. The van der Waals surface area contributed by atoms with E-state index in [9.17, 15) is 0 Å². The van der Waals surface area contributed by atoms with Gasteiger partial charge in [0.1, 0.15) is 0 Å². The Kier molecular flexibility index (Phi) is 4.16. The Morgan fingerprint density at radius 2 is 1.76 bits per heavy atom. The monoisotopic (exact) mass is 253 g/mol. The Morgan fingerprint density at radius 1 is 1.18 bits per heavy atom. The first-order valence-corrected chi connectivity index (χ1v) is 7.12. The Hall–Kier alpha value is -0.470. The maximum atomic E-state index is 5.72. The second-order valence-electron chi connectivity index (χ2n) is 5.23. The summed E-state index contributed by atoms with van der Waals surface area (Å²) < 4.78 is 11.4. The number of hydrogen-bond acceptors (Lipinski definition) is 3. The fourth-order valence-electron chi connectivity index (χ4n) is 1.59. The van der Waals surface area contributed by atoms with E-state index in [1.54, 1.807) is 0 Å². The molecule has 1 heterocycles. The molecule has 0 spiro atoms. The summed E-state index contributed by atoms with van der Waals surface area (Å²) in [6.07, 6.45) is 0. The lowest BCUT2D eigenvalue weighted by Gasteiger charge is -2.34. The Balaban J connectivity index is 1.86. The summed E-state index contributed by atoms with van der Waals surface area (Å²) in [4.78, 5) is 0. The van der Waals surface area contributed by atoms with Crippen LogP contribution in [0.4, 0.5) is 0 Å². The second-order valence-corrected chi connectivity index (χ2v) is 6.52. The Morgan fingerprint density at radius 3 is 2.35 bits per heavy atom. The molecule has 0 bridgehead atoms. The summed E-state index contributed by atoms with van der Waals surface area (Å²) in [6, 6.07) is 10.6. The van der Waals surface area contributed by atoms with E-state index in [1.807, 2.05) is 18.2 Å². The van der Waals surface area contributed by atoms with E-state index < -0.39 is 8.53 Å². The number of rotatable bonds is 3. The van der Waals surface area contributed by atoms with Crippen LogP contribution in [-0.4, -0.2) is 13.2 Å². The zero-order valence-corrected chi connectivity index (χ0v) is 11.5. The lowest BCUT2D eigenvalue weighted by Crippen LogP contribution is -2.31. The van der Waals surface area contributed by atoms with Crippen molar-refractivity contribution in [2.75, 3.05) is 13.2 Å². The average Bonchev–Trinajstić information content (AvgIpc) is 2.33. The molecular formula is C13H20NO2P. The van der Waals surface area contributed by atoms with Gasteiger partial charge in [0.2, 0.25) is 0 Å². The van der Waals surface area contributed by atoms with Crippen molar-refractivity contribution in [1.82, 2.24) is 5.09 Å². The minimum absolute atomic E-state index is 0.135. The molecule has 0 saturated carbocycles. The summed E-state index contributed by atoms with van der Waals surface area (Å²) in [6.45, 7) is 7.95. The molecule has 1 aliphatic heterocycles. The number of nitrogens with one attached hydrogen (secondary N) is 1. The smallest absolute Gasteiger partial charge is 0.256 e. The molecule has 1 aromatic rings. The van der Waals surface area contributed by atoms with Gasteiger partial charge in [0.15, 0.2) is 0 Å². The zero-order valence-electron chi connectivity index (χ0n) is 10.6. The molecule has 1 atom stereocenters. The van der Waals surface area contributed by atoms with Gasteiger partial charge >= 0.3 is 0 Å². The maximum Gasteiger partial charge on any atom is 0.256 e. The molecule has 1 aromatic carbocycles. The molecule has 17 heavy (non-hydrogen) atoms. The van der Waals surface area contributed by atoms with Gasteiger partial charge in [-0.25, -0.2) is 5.09 Å². The Bertz CT molecular complexity index is 346. The minimum Gasteiger partial charge on any atom is -0.321 e. The molecule has 4 heteroatoms. The van der Waals surface area contributed by atoms with Gasteiger partial charge in [-0.3, -0.25) is 0 Å². The fraction of sp³-hybridized carbons (Fsp3) is 0.538. The van der Waals surface area contributed by atoms with Gasteiger partial charge in [-0.1, -0.05) is 44.2 Å². The van der Waals surface area contributed by atoms with Gasteiger partial charge in [-0.05, 0) is 12.5 Å². The highest BCUT2D eigenvalue weighted by atomic mass is 31.2. The third kappa shape index (κ3) is 3.75. The van der Waals surface area contributed by atoms with Crippen molar-refractivity contribution in [3.63, 3.8) is 0 Å². The molecule has 1 unspecified atom stereocenters. The number of benzene rings is 1. The third-order valence-electron chi connectivity index (χ3n) is 2.74. The van der Waals surface area contributed by atoms with E-state index in [2.05, 4.69) is 38.0 Å². The van der Waals surface area contributed by atoms with E-state index in [-0.39, 0.29) is 11.5 Å². The lowest BCUT2D eigenvalue weighted by atomic mass is 9.97. The van der Waals surface area contributed by atoms with Gasteiger partial charge in [-0.2, -0.15) is 0 Å². The number of hydrogen-bond donors (Lipinski definition) is 1. The van der Waals surface area contributed by atoms with Crippen LogP contribution in [0.25, 0.3) is 0 Å². The van der Waals surface area contributed by atoms with E-state index in [0.717, 1.165) is 13.2 Å². The highest BCUT2D eigenvalue weighted by Gasteiger charge is 2.29. The zero-order chi connectivity index (χ0) is 12.3. The molecule has 1 saturated heterocycles. The normalized spacial score (nSPS) is 22.3. The van der Waals surface area contributed by atoms with Crippen LogP contribution in [0.3, 0.4) is 0 Å². The van der Waals surface area contributed by atoms with Crippen LogP contribution in [0.5, 0.6) is 0 Å². The summed E-state index contributed by atoms with van der Waals surface area (Å²) in [5.74, 6) is 0. The SMILES string of the molecule is CC(NP1OCC(C)(C)CO1)c1ccccc1. The molecule has 1 aliphatic rings. The van der Waals surface area contributed by atoms with Gasteiger partial charge < -0.3 is 9.05 Å². The Labute approximate surface area is 104 Å². The first-order chi connectivity index (χ1) is 8.07. The van der Waals surface area contributed by atoms with Gasteiger partial charge in [0.05, 0.1) is 13.2 Å². The largest absolute Gasteiger partial charge is 0.321 e. The third-order valence-corrected chi connectivity index (χ3v) is 4.07. The second kappa shape index (κ2) is 5.45. The van der Waals surface area contributed by atoms with Crippen LogP contribution < -0.4 is 5.09 Å². The molecule has 1 fully saturated rings. The first-order valence-electron chi connectivity index (χ1n) is 5.94. The summed E-state index contributed by atoms with van der Waals surface area (Å²) in [7, 11) is -0.943. The van der Waals surface area contributed by atoms with E-state index in [1.165, 1.54) is 5.56 Å². The van der Waals surface area contributed by atoms with Gasteiger partial charge in [-0.15, -0.1) is 0 Å². The van der Waals surface area contributed by atoms with Crippen LogP contribution in [0.15, 0.2) is 30.3 Å². The highest BCUT2D eigenvalue weighted by molar-refractivity contribution is 7.45. The molecule has 0 aliphatic carbocycles. The van der Waals surface area contributed by atoms with Crippen LogP contribution >= 0.6 is 8.53 Å². The summed E-state index contributed by atoms with van der Waals surface area (Å²) in [5, 5.41) is 3.39. The van der Waals surface area contributed by atoms with Crippen molar-refractivity contribution in [2.24, 2.45) is 5.41 Å². The predicted octanol–water partition coefficient (Wildman–Crippen LogP) is 3.64. The first kappa shape index (κ1) is 13.0. The molecule has 94 valence electrons. The van der Waals surface area contributed by atoms with Gasteiger partial charge in [0, 0.05) is 11.5 Å². The van der Waals surface area contributed by atoms with Gasteiger partial charge in [0.25, 0.3) is 8.53 Å². The molecule has 0 radical (unpaired) electrons. The minimum atomic E-state index is -0.943. The van der Waals surface area contributed by atoms with E-state index >= 15 is 0 Å². The van der Waals surface area contributed by atoms with Crippen LogP contribution in [0, 0.1) is 5.41 Å². The molecule has 3 nitrogen and oxygen atoms in total. The van der Waals surface area contributed by atoms with E-state index in [0.29, 0.717) is 0 Å². The quantitative estimate of drug-likeness (QED) is 0.834. The van der Waals surface area contributed by atoms with Crippen molar-refractivity contribution in [1.29, 1.82) is 0 Å². The predicted molar refractivity (Wildman–Crippen MR) is 70.6 cm³/mol. The van der Waals surface area contributed by atoms with Crippen LogP contribution in [-0.2, 0) is 9.05 Å². The average molecular weight is 253 g/mol. The molecule has 2 rings (SSSR count). The van der Waals surface area contributed by atoms with Crippen molar-refractivity contribution in [3.8, 4) is 0 Å². The molecular weight excluding hydrogens is 233 g/mol. The molecule has 0 aromatic heterocycles. The van der Waals surface area contributed by atoms with Crippen molar-refractivity contribution < 1.29 is 9.05 Å². The van der Waals surface area contributed by atoms with Crippen LogP contribution in [0.2, 0.25) is 0 Å². The topological polar surface area (TPSA) is 30.5 Å². The maximum absolute atomic E-state index is 5.72. The molecule has 0 amide bonds. The van der Waals surface area contributed by atoms with Crippen molar-refractivity contribution >= 4 is 8.53 Å². The van der Waals surface area contributed by atoms with Crippen molar-refractivity contribution in [2.45, 2.75) is 26.8 Å². The fourth-order valence-corrected chi connectivity index (χ4v) is 3.22. The summed E-state index contributed by atoms with van der Waals surface area (Å²) in [5.41, 5.74) is 1.39.